The summed E-state index contributed by atoms with van der Waals surface area (Å²) in [6, 6.07) is 19.1. The predicted molar refractivity (Wildman–Crippen MR) is 83.1 cm³/mol. The molecule has 0 amide bonds. The summed E-state index contributed by atoms with van der Waals surface area (Å²) in [5.74, 6) is 0. The zero-order valence-corrected chi connectivity index (χ0v) is 11.5. The summed E-state index contributed by atoms with van der Waals surface area (Å²) in [5, 5.41) is 2.69. The van der Waals surface area contributed by atoms with Gasteiger partial charge in [0.15, 0.2) is 0 Å². The quantitative estimate of drug-likeness (QED) is 0.741. The number of rotatable bonds is 3. The van der Waals surface area contributed by atoms with Gasteiger partial charge in [0.2, 0.25) is 0 Å². The molecule has 1 N–H and O–H groups in total. The second kappa shape index (κ2) is 5.63. The number of nitrogens with zero attached hydrogens (tertiary/aromatic N) is 1. The normalized spacial score (nSPS) is 11.6. The van der Waals surface area contributed by atoms with Crippen molar-refractivity contribution < 1.29 is 4.52 Å². The van der Waals surface area contributed by atoms with Gasteiger partial charge in [-0.05, 0) is 19.1 Å². The van der Waals surface area contributed by atoms with E-state index >= 15 is 0 Å². The maximum Gasteiger partial charge on any atom is 0.366 e. The zero-order valence-electron chi connectivity index (χ0n) is 11.5. The van der Waals surface area contributed by atoms with Crippen LogP contribution in [-0.4, -0.2) is 10.9 Å². The molecule has 104 valence electrons. The van der Waals surface area contributed by atoms with E-state index in [-0.39, 0.29) is 0 Å². The Kier molecular flexibility index (Phi) is 3.51. The summed E-state index contributed by atoms with van der Waals surface area (Å²) in [6.07, 6.45) is 0. The third kappa shape index (κ3) is 2.69. The van der Waals surface area contributed by atoms with E-state index < -0.39 is 5.63 Å². The van der Waals surface area contributed by atoms with Crippen LogP contribution in [-0.2, 0) is 0 Å². The number of nitrogens with one attached hydrogen (secondary N) is 1. The van der Waals surface area contributed by atoms with Gasteiger partial charge in [-0.3, -0.25) is 4.99 Å². The lowest BCUT2D eigenvalue weighted by molar-refractivity contribution is 0.393. The Morgan fingerprint density at radius 2 is 1.62 bits per heavy atom. The summed E-state index contributed by atoms with van der Waals surface area (Å²) in [5.41, 5.74) is 3.01. The van der Waals surface area contributed by atoms with Gasteiger partial charge in [-0.25, -0.2) is 9.95 Å². The highest BCUT2D eigenvalue weighted by atomic mass is 16.5. The second-order valence-corrected chi connectivity index (χ2v) is 4.64. The van der Waals surface area contributed by atoms with Crippen molar-refractivity contribution in [1.29, 1.82) is 0 Å². The van der Waals surface area contributed by atoms with E-state index in [1.165, 1.54) is 0 Å². The molecule has 4 heteroatoms. The first kappa shape index (κ1) is 13.1. The number of aliphatic imine (C=N–C) groups is 1. The molecule has 1 heterocycles. The van der Waals surface area contributed by atoms with Gasteiger partial charge in [0, 0.05) is 5.56 Å². The maximum atomic E-state index is 12.0. The van der Waals surface area contributed by atoms with Crippen molar-refractivity contribution in [1.82, 2.24) is 5.16 Å². The molecule has 0 bridgehead atoms. The molecule has 0 aliphatic rings. The minimum Gasteiger partial charge on any atom is -0.338 e. The molecule has 0 atom stereocenters. The van der Waals surface area contributed by atoms with E-state index in [1.807, 2.05) is 60.7 Å². The molecule has 0 radical (unpaired) electrons. The van der Waals surface area contributed by atoms with E-state index in [9.17, 15) is 4.79 Å². The molecule has 3 rings (SSSR count). The largest absolute Gasteiger partial charge is 0.366 e. The molecule has 0 aliphatic carbocycles. The van der Waals surface area contributed by atoms with Gasteiger partial charge in [0.1, 0.15) is 5.56 Å². The Morgan fingerprint density at radius 1 is 1.00 bits per heavy atom. The van der Waals surface area contributed by atoms with Crippen LogP contribution >= 0.6 is 0 Å². The molecule has 0 unspecified atom stereocenters. The summed E-state index contributed by atoms with van der Waals surface area (Å²) >= 11 is 0. The van der Waals surface area contributed by atoms with Crippen molar-refractivity contribution in [2.75, 3.05) is 0 Å². The molecule has 4 nitrogen and oxygen atoms in total. The lowest BCUT2D eigenvalue weighted by Crippen LogP contribution is -2.08. The number of aromatic nitrogens is 1. The number of H-pyrrole nitrogens is 1. The van der Waals surface area contributed by atoms with Crippen LogP contribution in [0.5, 0.6) is 0 Å². The van der Waals surface area contributed by atoms with E-state index in [0.717, 1.165) is 11.3 Å². The highest BCUT2D eigenvalue weighted by molar-refractivity contribution is 6.04. The molecular weight excluding hydrogens is 264 g/mol. The van der Waals surface area contributed by atoms with Gasteiger partial charge in [0.05, 0.1) is 17.1 Å². The van der Waals surface area contributed by atoms with E-state index in [1.54, 1.807) is 6.92 Å². The average molecular weight is 278 g/mol. The van der Waals surface area contributed by atoms with Gasteiger partial charge < -0.3 is 4.52 Å². The fourth-order valence-corrected chi connectivity index (χ4v) is 2.19. The molecule has 2 aromatic carbocycles. The third-order valence-electron chi connectivity index (χ3n) is 3.18. The molecule has 21 heavy (non-hydrogen) atoms. The third-order valence-corrected chi connectivity index (χ3v) is 3.18. The lowest BCUT2D eigenvalue weighted by Gasteiger charge is -2.01. The number of hydrogen-bond donors (Lipinski definition) is 1. The minimum absolute atomic E-state index is 0.411. The minimum atomic E-state index is -0.411. The standard InChI is InChI=1S/C17H14N2O2/c1-12(18-14-10-6-3-7-11-14)15-16(19-21-17(15)20)13-8-4-2-5-9-13/h2-11,19H,1H3. The summed E-state index contributed by atoms with van der Waals surface area (Å²) < 4.78 is 4.95. The van der Waals surface area contributed by atoms with E-state index in [0.29, 0.717) is 17.0 Å². The summed E-state index contributed by atoms with van der Waals surface area (Å²) in [4.78, 5) is 16.5. The molecule has 1 aromatic heterocycles. The SMILES string of the molecule is CC(=Nc1ccccc1)c1c(-c2ccccc2)[nH]oc1=O. The van der Waals surface area contributed by atoms with Gasteiger partial charge >= 0.3 is 5.63 Å². The molecule has 3 aromatic rings. The maximum absolute atomic E-state index is 12.0. The van der Waals surface area contributed by atoms with E-state index in [4.69, 9.17) is 4.52 Å². The Morgan fingerprint density at radius 3 is 2.29 bits per heavy atom. The van der Waals surface area contributed by atoms with Gasteiger partial charge in [0.25, 0.3) is 0 Å². The average Bonchev–Trinajstić information content (AvgIpc) is 2.91. The van der Waals surface area contributed by atoms with Crippen LogP contribution in [0.4, 0.5) is 5.69 Å². The molecule has 0 saturated carbocycles. The van der Waals surface area contributed by atoms with Crippen LogP contribution in [0.25, 0.3) is 11.3 Å². The van der Waals surface area contributed by atoms with Crippen LogP contribution in [0.1, 0.15) is 12.5 Å². The topological polar surface area (TPSA) is 58.4 Å². The van der Waals surface area contributed by atoms with Gasteiger partial charge in [-0.1, -0.05) is 48.5 Å². The molecular formula is C17H14N2O2. The van der Waals surface area contributed by atoms with Gasteiger partial charge in [-0.2, -0.15) is 0 Å². The number of para-hydroxylation sites is 1. The molecule has 0 aliphatic heterocycles. The Hall–Kier alpha value is -2.88. The van der Waals surface area contributed by atoms with Crippen molar-refractivity contribution in [3.8, 4) is 11.3 Å². The fraction of sp³-hybridized carbons (Fsp3) is 0.0588. The van der Waals surface area contributed by atoms with Crippen molar-refractivity contribution in [2.45, 2.75) is 6.92 Å². The van der Waals surface area contributed by atoms with Crippen LogP contribution < -0.4 is 5.63 Å². The predicted octanol–water partition coefficient (Wildman–Crippen LogP) is 3.78. The Balaban J connectivity index is 2.09. The first-order valence-electron chi connectivity index (χ1n) is 6.63. The number of aromatic amines is 1. The summed E-state index contributed by atoms with van der Waals surface area (Å²) in [7, 11) is 0. The van der Waals surface area contributed by atoms with Crippen LogP contribution in [0, 0.1) is 0 Å². The highest BCUT2D eigenvalue weighted by Gasteiger charge is 2.16. The molecule has 0 saturated heterocycles. The first-order chi connectivity index (χ1) is 10.3. The first-order valence-corrected chi connectivity index (χ1v) is 6.63. The highest BCUT2D eigenvalue weighted by Crippen LogP contribution is 2.21. The fourth-order valence-electron chi connectivity index (χ4n) is 2.19. The van der Waals surface area contributed by atoms with Crippen molar-refractivity contribution in [3.63, 3.8) is 0 Å². The molecule has 0 fully saturated rings. The summed E-state index contributed by atoms with van der Waals surface area (Å²) in [6.45, 7) is 1.81. The lowest BCUT2D eigenvalue weighted by atomic mass is 10.1. The Labute approximate surface area is 121 Å². The van der Waals surface area contributed by atoms with Crippen molar-refractivity contribution in [3.05, 3.63) is 76.6 Å². The van der Waals surface area contributed by atoms with Gasteiger partial charge in [-0.15, -0.1) is 0 Å². The van der Waals surface area contributed by atoms with Crippen molar-refractivity contribution >= 4 is 11.4 Å². The smallest absolute Gasteiger partial charge is 0.338 e. The molecule has 0 spiro atoms. The van der Waals surface area contributed by atoms with Crippen LogP contribution in [0.2, 0.25) is 0 Å². The monoisotopic (exact) mass is 278 g/mol. The van der Waals surface area contributed by atoms with Crippen LogP contribution in [0.15, 0.2) is 75.0 Å². The Bertz CT molecular complexity index is 815. The number of benzene rings is 2. The van der Waals surface area contributed by atoms with Crippen molar-refractivity contribution in [2.24, 2.45) is 4.99 Å². The zero-order chi connectivity index (χ0) is 14.7. The van der Waals surface area contributed by atoms with E-state index in [2.05, 4.69) is 10.1 Å². The second-order valence-electron chi connectivity index (χ2n) is 4.64. The number of hydrogen-bond acceptors (Lipinski definition) is 3. The van der Waals surface area contributed by atoms with Crippen LogP contribution in [0.3, 0.4) is 0 Å².